The van der Waals surface area contributed by atoms with Crippen LogP contribution in [0, 0.1) is 11.8 Å². The Balaban J connectivity index is 1.69. The molecule has 0 heterocycles. The van der Waals surface area contributed by atoms with E-state index < -0.39 is 0 Å². The molecule has 2 aliphatic rings. The molecule has 114 valence electrons. The van der Waals surface area contributed by atoms with Crippen LogP contribution < -0.4 is 11.3 Å². The molecule has 0 radical (unpaired) electrons. The number of hydrazine groups is 1. The van der Waals surface area contributed by atoms with Crippen molar-refractivity contribution in [1.82, 2.24) is 10.3 Å². The fourth-order valence-corrected chi connectivity index (χ4v) is 2.94. The molecule has 4 nitrogen and oxygen atoms in total. The molecular formula is C17H25N3O. The summed E-state index contributed by atoms with van der Waals surface area (Å²) in [5, 5.41) is 0. The minimum absolute atomic E-state index is 0.0854. The van der Waals surface area contributed by atoms with Crippen molar-refractivity contribution in [2.75, 3.05) is 19.6 Å². The molecule has 3 N–H and O–H groups in total. The van der Waals surface area contributed by atoms with Gasteiger partial charge in [-0.25, -0.2) is 5.84 Å². The van der Waals surface area contributed by atoms with E-state index in [1.54, 1.807) is 0 Å². The van der Waals surface area contributed by atoms with E-state index in [2.05, 4.69) is 10.3 Å². The summed E-state index contributed by atoms with van der Waals surface area (Å²) < 4.78 is 0. The Morgan fingerprint density at radius 3 is 2.19 bits per heavy atom. The van der Waals surface area contributed by atoms with E-state index in [4.69, 9.17) is 5.84 Å². The maximum Gasteiger partial charge on any atom is 0.242 e. The standard InChI is InChI=1S/C17H25N3O/c18-19-17(21)16(15-4-2-1-3-5-15)12-20(10-13-6-7-13)11-14-8-9-14/h1-5,13-14,16H,6-12,18H2,(H,19,21). The highest BCUT2D eigenvalue weighted by molar-refractivity contribution is 5.83. The van der Waals surface area contributed by atoms with Gasteiger partial charge in [-0.15, -0.1) is 0 Å². The van der Waals surface area contributed by atoms with Gasteiger partial charge in [0.25, 0.3) is 0 Å². The maximum absolute atomic E-state index is 12.2. The highest BCUT2D eigenvalue weighted by Gasteiger charge is 2.32. The summed E-state index contributed by atoms with van der Waals surface area (Å²) in [6, 6.07) is 9.99. The van der Waals surface area contributed by atoms with Crippen molar-refractivity contribution in [3.8, 4) is 0 Å². The van der Waals surface area contributed by atoms with Crippen LogP contribution >= 0.6 is 0 Å². The highest BCUT2D eigenvalue weighted by atomic mass is 16.2. The van der Waals surface area contributed by atoms with Crippen molar-refractivity contribution in [2.24, 2.45) is 17.7 Å². The van der Waals surface area contributed by atoms with E-state index in [9.17, 15) is 4.79 Å². The molecule has 2 saturated carbocycles. The third-order valence-electron chi connectivity index (χ3n) is 4.53. The molecule has 2 aliphatic carbocycles. The molecule has 0 aromatic heterocycles. The van der Waals surface area contributed by atoms with Crippen LogP contribution in [-0.4, -0.2) is 30.4 Å². The van der Waals surface area contributed by atoms with E-state index >= 15 is 0 Å². The number of benzene rings is 1. The summed E-state index contributed by atoms with van der Waals surface area (Å²) in [6.45, 7) is 3.05. The molecule has 0 saturated heterocycles. The second kappa shape index (κ2) is 6.58. The average molecular weight is 287 g/mol. The van der Waals surface area contributed by atoms with E-state index in [1.807, 2.05) is 30.3 Å². The van der Waals surface area contributed by atoms with Crippen LogP contribution in [0.25, 0.3) is 0 Å². The summed E-state index contributed by atoms with van der Waals surface area (Å²) >= 11 is 0. The van der Waals surface area contributed by atoms with Gasteiger partial charge in [0.05, 0.1) is 5.92 Å². The summed E-state index contributed by atoms with van der Waals surface area (Å²) in [7, 11) is 0. The van der Waals surface area contributed by atoms with Gasteiger partial charge in [-0.2, -0.15) is 0 Å². The zero-order valence-electron chi connectivity index (χ0n) is 12.5. The fourth-order valence-electron chi connectivity index (χ4n) is 2.94. The Morgan fingerprint density at radius 2 is 1.71 bits per heavy atom. The van der Waals surface area contributed by atoms with E-state index in [-0.39, 0.29) is 11.8 Å². The van der Waals surface area contributed by atoms with Gasteiger partial charge in [0.1, 0.15) is 0 Å². The molecule has 1 atom stereocenters. The molecule has 3 rings (SSSR count). The van der Waals surface area contributed by atoms with Crippen LogP contribution in [0.5, 0.6) is 0 Å². The zero-order chi connectivity index (χ0) is 14.7. The smallest absolute Gasteiger partial charge is 0.242 e. The first kappa shape index (κ1) is 14.5. The van der Waals surface area contributed by atoms with Gasteiger partial charge in [0.2, 0.25) is 5.91 Å². The predicted molar refractivity (Wildman–Crippen MR) is 83.4 cm³/mol. The Morgan fingerprint density at radius 1 is 1.14 bits per heavy atom. The van der Waals surface area contributed by atoms with Crippen LogP contribution in [0.4, 0.5) is 0 Å². The summed E-state index contributed by atoms with van der Waals surface area (Å²) in [4.78, 5) is 14.7. The average Bonchev–Trinajstić information content (AvgIpc) is 3.41. The molecule has 0 aliphatic heterocycles. The number of carbonyl (C=O) groups excluding carboxylic acids is 1. The minimum atomic E-state index is -0.173. The molecule has 0 bridgehead atoms. The molecular weight excluding hydrogens is 262 g/mol. The van der Waals surface area contributed by atoms with Crippen LogP contribution in [0.2, 0.25) is 0 Å². The number of hydrogen-bond acceptors (Lipinski definition) is 3. The van der Waals surface area contributed by atoms with Crippen LogP contribution in [0.1, 0.15) is 37.2 Å². The normalized spacial score (nSPS) is 19.5. The first-order valence-electron chi connectivity index (χ1n) is 8.04. The number of rotatable bonds is 8. The lowest BCUT2D eigenvalue weighted by Crippen LogP contribution is -2.41. The van der Waals surface area contributed by atoms with E-state index in [0.29, 0.717) is 0 Å². The third kappa shape index (κ3) is 4.29. The monoisotopic (exact) mass is 287 g/mol. The number of hydrogen-bond donors (Lipinski definition) is 2. The first-order chi connectivity index (χ1) is 10.3. The van der Waals surface area contributed by atoms with Crippen LogP contribution in [0.15, 0.2) is 30.3 Å². The SMILES string of the molecule is NNC(=O)C(CN(CC1CC1)CC1CC1)c1ccccc1. The number of nitrogens with one attached hydrogen (secondary N) is 1. The second-order valence-electron chi connectivity index (χ2n) is 6.58. The molecule has 2 fully saturated rings. The number of nitrogens with zero attached hydrogens (tertiary/aromatic N) is 1. The van der Waals surface area contributed by atoms with Gasteiger partial charge in [-0.05, 0) is 43.1 Å². The van der Waals surface area contributed by atoms with Crippen molar-refractivity contribution in [3.05, 3.63) is 35.9 Å². The van der Waals surface area contributed by atoms with Gasteiger partial charge in [0, 0.05) is 19.6 Å². The molecule has 1 aromatic rings. The largest absolute Gasteiger partial charge is 0.302 e. The highest BCUT2D eigenvalue weighted by Crippen LogP contribution is 2.34. The number of nitrogens with two attached hydrogens (primary N) is 1. The molecule has 4 heteroatoms. The van der Waals surface area contributed by atoms with Gasteiger partial charge in [-0.1, -0.05) is 30.3 Å². The van der Waals surface area contributed by atoms with Gasteiger partial charge >= 0.3 is 0 Å². The molecule has 21 heavy (non-hydrogen) atoms. The van der Waals surface area contributed by atoms with Crippen molar-refractivity contribution in [3.63, 3.8) is 0 Å². The topological polar surface area (TPSA) is 58.4 Å². The zero-order valence-corrected chi connectivity index (χ0v) is 12.5. The minimum Gasteiger partial charge on any atom is -0.302 e. The fraction of sp³-hybridized carbons (Fsp3) is 0.588. The van der Waals surface area contributed by atoms with E-state index in [1.165, 1.54) is 25.7 Å². The van der Waals surface area contributed by atoms with Crippen LogP contribution in [0.3, 0.4) is 0 Å². The molecule has 0 spiro atoms. The molecule has 1 aromatic carbocycles. The number of carbonyl (C=O) groups is 1. The third-order valence-corrected chi connectivity index (χ3v) is 4.53. The lowest BCUT2D eigenvalue weighted by molar-refractivity contribution is -0.123. The Kier molecular flexibility index (Phi) is 4.56. The Labute approximate surface area is 126 Å². The molecule has 1 amide bonds. The van der Waals surface area contributed by atoms with Crippen LogP contribution in [-0.2, 0) is 4.79 Å². The number of amides is 1. The van der Waals surface area contributed by atoms with Crippen molar-refractivity contribution >= 4 is 5.91 Å². The lowest BCUT2D eigenvalue weighted by atomic mass is 9.97. The Bertz CT molecular complexity index is 454. The predicted octanol–water partition coefficient (Wildman–Crippen LogP) is 1.88. The van der Waals surface area contributed by atoms with Gasteiger partial charge in [0.15, 0.2) is 0 Å². The first-order valence-corrected chi connectivity index (χ1v) is 8.04. The van der Waals surface area contributed by atoms with Gasteiger partial charge in [-0.3, -0.25) is 10.2 Å². The second-order valence-corrected chi connectivity index (χ2v) is 6.58. The Hall–Kier alpha value is -1.39. The van der Waals surface area contributed by atoms with E-state index in [0.717, 1.165) is 37.0 Å². The van der Waals surface area contributed by atoms with Gasteiger partial charge < -0.3 is 4.90 Å². The maximum atomic E-state index is 12.2. The van der Waals surface area contributed by atoms with Crippen molar-refractivity contribution < 1.29 is 4.79 Å². The lowest BCUT2D eigenvalue weighted by Gasteiger charge is -2.27. The summed E-state index contributed by atoms with van der Waals surface area (Å²) in [5.74, 6) is 6.83. The molecule has 1 unspecified atom stereocenters. The summed E-state index contributed by atoms with van der Waals surface area (Å²) in [6.07, 6.45) is 5.39. The summed E-state index contributed by atoms with van der Waals surface area (Å²) in [5.41, 5.74) is 3.39. The van der Waals surface area contributed by atoms with Crippen molar-refractivity contribution in [2.45, 2.75) is 31.6 Å². The quantitative estimate of drug-likeness (QED) is 0.436. The van der Waals surface area contributed by atoms with Crippen molar-refractivity contribution in [1.29, 1.82) is 0 Å².